The SMILES string of the molecule is CCOc1cccc(-c2noc(C3CC(=O)N(c4cc(Cl)ccc4F)C3)n2)c1. The van der Waals surface area contributed by atoms with E-state index in [1.165, 1.54) is 23.1 Å². The molecule has 1 saturated heterocycles. The summed E-state index contributed by atoms with van der Waals surface area (Å²) in [5.74, 6) is 0.431. The normalized spacial score (nSPS) is 16.6. The summed E-state index contributed by atoms with van der Waals surface area (Å²) in [5.41, 5.74) is 0.909. The lowest BCUT2D eigenvalue weighted by molar-refractivity contribution is -0.117. The van der Waals surface area contributed by atoms with Gasteiger partial charge in [0, 0.05) is 23.6 Å². The van der Waals surface area contributed by atoms with Crippen molar-refractivity contribution in [2.45, 2.75) is 19.3 Å². The van der Waals surface area contributed by atoms with Crippen LogP contribution in [0.25, 0.3) is 11.4 Å². The molecular weight excluding hydrogens is 385 g/mol. The topological polar surface area (TPSA) is 68.5 Å². The molecule has 1 atom stereocenters. The van der Waals surface area contributed by atoms with Crippen LogP contribution < -0.4 is 9.64 Å². The van der Waals surface area contributed by atoms with E-state index in [4.69, 9.17) is 20.9 Å². The summed E-state index contributed by atoms with van der Waals surface area (Å²) >= 11 is 5.95. The molecule has 0 N–H and O–H groups in total. The number of hydrogen-bond acceptors (Lipinski definition) is 5. The zero-order valence-corrected chi connectivity index (χ0v) is 15.8. The van der Waals surface area contributed by atoms with Gasteiger partial charge in [-0.1, -0.05) is 28.9 Å². The predicted molar refractivity (Wildman–Crippen MR) is 102 cm³/mol. The number of amides is 1. The number of anilines is 1. The Hall–Kier alpha value is -2.93. The second-order valence-electron chi connectivity index (χ2n) is 6.42. The summed E-state index contributed by atoms with van der Waals surface area (Å²) < 4.78 is 25.0. The number of carbonyl (C=O) groups is 1. The molecule has 28 heavy (non-hydrogen) atoms. The van der Waals surface area contributed by atoms with E-state index < -0.39 is 5.82 Å². The fourth-order valence-corrected chi connectivity index (χ4v) is 3.37. The van der Waals surface area contributed by atoms with Gasteiger partial charge in [-0.15, -0.1) is 0 Å². The maximum Gasteiger partial charge on any atom is 0.232 e. The van der Waals surface area contributed by atoms with Crippen LogP contribution >= 0.6 is 11.6 Å². The molecule has 0 radical (unpaired) electrons. The van der Waals surface area contributed by atoms with Crippen molar-refractivity contribution >= 4 is 23.2 Å². The van der Waals surface area contributed by atoms with E-state index in [0.29, 0.717) is 29.1 Å². The minimum Gasteiger partial charge on any atom is -0.494 e. The van der Waals surface area contributed by atoms with Gasteiger partial charge in [0.1, 0.15) is 11.6 Å². The standard InChI is InChI=1S/C20H17ClFN3O3/c1-2-27-15-5-3-4-12(8-15)19-23-20(28-24-19)13-9-18(26)25(11-13)17-10-14(21)6-7-16(17)22/h3-8,10,13H,2,9,11H2,1H3. The Morgan fingerprint density at radius 3 is 3.00 bits per heavy atom. The van der Waals surface area contributed by atoms with Gasteiger partial charge in [-0.25, -0.2) is 4.39 Å². The Labute approximate surface area is 165 Å². The van der Waals surface area contributed by atoms with Crippen molar-refractivity contribution in [3.8, 4) is 17.1 Å². The Kier molecular flexibility index (Phi) is 5.00. The number of rotatable bonds is 5. The minimum atomic E-state index is -0.502. The van der Waals surface area contributed by atoms with Gasteiger partial charge in [0.2, 0.25) is 17.6 Å². The van der Waals surface area contributed by atoms with Crippen molar-refractivity contribution in [1.29, 1.82) is 0 Å². The number of hydrogen-bond donors (Lipinski definition) is 0. The van der Waals surface area contributed by atoms with Crippen LogP contribution in [-0.4, -0.2) is 29.2 Å². The van der Waals surface area contributed by atoms with Gasteiger partial charge in [-0.05, 0) is 37.3 Å². The van der Waals surface area contributed by atoms with Gasteiger partial charge in [0.05, 0.1) is 18.2 Å². The molecule has 2 aromatic carbocycles. The summed E-state index contributed by atoms with van der Waals surface area (Å²) in [7, 11) is 0. The number of halogens is 2. The van der Waals surface area contributed by atoms with Crippen molar-refractivity contribution in [1.82, 2.24) is 10.1 Å². The highest BCUT2D eigenvalue weighted by Gasteiger charge is 2.36. The molecule has 0 spiro atoms. The molecule has 0 aliphatic carbocycles. The second kappa shape index (κ2) is 7.59. The smallest absolute Gasteiger partial charge is 0.232 e. The molecule has 0 saturated carbocycles. The average molecular weight is 402 g/mol. The van der Waals surface area contributed by atoms with Crippen LogP contribution in [0, 0.1) is 5.82 Å². The molecule has 1 unspecified atom stereocenters. The van der Waals surface area contributed by atoms with Gasteiger partial charge in [-0.3, -0.25) is 4.79 Å². The van der Waals surface area contributed by atoms with Crippen LogP contribution in [-0.2, 0) is 4.79 Å². The summed E-state index contributed by atoms with van der Waals surface area (Å²) in [4.78, 5) is 18.2. The zero-order chi connectivity index (χ0) is 19.7. The largest absolute Gasteiger partial charge is 0.494 e. The molecular formula is C20H17ClFN3O3. The van der Waals surface area contributed by atoms with Gasteiger partial charge >= 0.3 is 0 Å². The highest BCUT2D eigenvalue weighted by atomic mass is 35.5. The van der Waals surface area contributed by atoms with Crippen LogP contribution in [0.1, 0.15) is 25.2 Å². The molecule has 6 nitrogen and oxygen atoms in total. The number of benzene rings is 2. The van der Waals surface area contributed by atoms with Crippen LogP contribution in [0.2, 0.25) is 5.02 Å². The van der Waals surface area contributed by atoms with Crippen molar-refractivity contribution in [2.75, 3.05) is 18.1 Å². The predicted octanol–water partition coefficient (Wildman–Crippen LogP) is 4.45. The van der Waals surface area contributed by atoms with Gasteiger partial charge in [0.15, 0.2) is 0 Å². The molecule has 4 rings (SSSR count). The van der Waals surface area contributed by atoms with Crippen LogP contribution in [0.15, 0.2) is 47.0 Å². The number of ether oxygens (including phenoxy) is 1. The third-order valence-corrected chi connectivity index (χ3v) is 4.75. The molecule has 1 aromatic heterocycles. The summed E-state index contributed by atoms with van der Waals surface area (Å²) in [5, 5.41) is 4.38. The van der Waals surface area contributed by atoms with E-state index in [0.717, 1.165) is 5.56 Å². The molecule has 8 heteroatoms. The molecule has 2 heterocycles. The summed E-state index contributed by atoms with van der Waals surface area (Å²) in [6.07, 6.45) is 0.159. The Morgan fingerprint density at radius 1 is 1.32 bits per heavy atom. The number of carbonyl (C=O) groups excluding carboxylic acids is 1. The van der Waals surface area contributed by atoms with E-state index in [-0.39, 0.29) is 30.5 Å². The molecule has 1 aliphatic rings. The fraction of sp³-hybridized carbons (Fsp3) is 0.250. The average Bonchev–Trinajstić information content (AvgIpc) is 3.31. The third kappa shape index (κ3) is 3.57. The highest BCUT2D eigenvalue weighted by Crippen LogP contribution is 2.34. The maximum atomic E-state index is 14.1. The molecule has 1 amide bonds. The van der Waals surface area contributed by atoms with Crippen molar-refractivity contribution in [3.63, 3.8) is 0 Å². The van der Waals surface area contributed by atoms with Crippen molar-refractivity contribution in [3.05, 3.63) is 59.2 Å². The first-order valence-electron chi connectivity index (χ1n) is 8.87. The zero-order valence-electron chi connectivity index (χ0n) is 15.1. The van der Waals surface area contributed by atoms with Crippen LogP contribution in [0.3, 0.4) is 0 Å². The molecule has 1 fully saturated rings. The minimum absolute atomic E-state index is 0.157. The van der Waals surface area contributed by atoms with Crippen molar-refractivity contribution in [2.24, 2.45) is 0 Å². The van der Waals surface area contributed by atoms with E-state index in [1.807, 2.05) is 31.2 Å². The van der Waals surface area contributed by atoms with Crippen LogP contribution in [0.4, 0.5) is 10.1 Å². The van der Waals surface area contributed by atoms with Crippen LogP contribution in [0.5, 0.6) is 5.75 Å². The van der Waals surface area contributed by atoms with E-state index in [9.17, 15) is 9.18 Å². The quantitative estimate of drug-likeness (QED) is 0.631. The summed E-state index contributed by atoms with van der Waals surface area (Å²) in [6, 6.07) is 11.5. The number of nitrogens with zero attached hydrogens (tertiary/aromatic N) is 3. The lowest BCUT2D eigenvalue weighted by atomic mass is 10.1. The Bertz CT molecular complexity index is 1020. The first kappa shape index (κ1) is 18.4. The van der Waals surface area contributed by atoms with Gasteiger partial charge < -0.3 is 14.2 Å². The van der Waals surface area contributed by atoms with Gasteiger partial charge in [-0.2, -0.15) is 4.98 Å². The number of aromatic nitrogens is 2. The molecule has 144 valence electrons. The van der Waals surface area contributed by atoms with E-state index in [2.05, 4.69) is 10.1 Å². The molecule has 3 aromatic rings. The van der Waals surface area contributed by atoms with E-state index >= 15 is 0 Å². The fourth-order valence-electron chi connectivity index (χ4n) is 3.21. The second-order valence-corrected chi connectivity index (χ2v) is 6.85. The summed E-state index contributed by atoms with van der Waals surface area (Å²) in [6.45, 7) is 2.71. The third-order valence-electron chi connectivity index (χ3n) is 4.52. The maximum absolute atomic E-state index is 14.1. The Balaban J connectivity index is 1.56. The molecule has 1 aliphatic heterocycles. The first-order valence-corrected chi connectivity index (χ1v) is 9.25. The van der Waals surface area contributed by atoms with Crippen molar-refractivity contribution < 1.29 is 18.4 Å². The van der Waals surface area contributed by atoms with E-state index in [1.54, 1.807) is 0 Å². The Morgan fingerprint density at radius 2 is 2.18 bits per heavy atom. The molecule has 0 bridgehead atoms. The lowest BCUT2D eigenvalue weighted by Crippen LogP contribution is -2.25. The highest BCUT2D eigenvalue weighted by molar-refractivity contribution is 6.31. The first-order chi connectivity index (χ1) is 13.5. The lowest BCUT2D eigenvalue weighted by Gasteiger charge is -2.17. The van der Waals surface area contributed by atoms with Gasteiger partial charge in [0.25, 0.3) is 0 Å². The monoisotopic (exact) mass is 401 g/mol.